The summed E-state index contributed by atoms with van der Waals surface area (Å²) >= 11 is 0. The lowest BCUT2D eigenvalue weighted by Crippen LogP contribution is -2.45. The quantitative estimate of drug-likeness (QED) is 0.624. The SMILES string of the molecule is CN=C(NCC(c1ccccc1)c1ccccc1)NC1CCS(=O)(=O)C1. The van der Waals surface area contributed by atoms with Crippen molar-refractivity contribution in [3.8, 4) is 0 Å². The Morgan fingerprint density at radius 1 is 1.08 bits per heavy atom. The number of hydrogen-bond acceptors (Lipinski definition) is 3. The summed E-state index contributed by atoms with van der Waals surface area (Å²) in [6.07, 6.45) is 0.629. The maximum atomic E-state index is 11.6. The average molecular weight is 372 g/mol. The molecule has 0 aromatic heterocycles. The minimum Gasteiger partial charge on any atom is -0.355 e. The molecule has 1 aliphatic rings. The van der Waals surface area contributed by atoms with Crippen LogP contribution in [-0.4, -0.2) is 45.5 Å². The van der Waals surface area contributed by atoms with Crippen molar-refractivity contribution in [2.24, 2.45) is 4.99 Å². The fourth-order valence-electron chi connectivity index (χ4n) is 3.29. The van der Waals surface area contributed by atoms with E-state index in [9.17, 15) is 8.42 Å². The highest BCUT2D eigenvalue weighted by Gasteiger charge is 2.28. The minimum absolute atomic E-state index is 0.0712. The molecule has 1 saturated heterocycles. The highest BCUT2D eigenvalue weighted by atomic mass is 32.2. The topological polar surface area (TPSA) is 70.6 Å². The van der Waals surface area contributed by atoms with Crippen LogP contribution in [0, 0.1) is 0 Å². The summed E-state index contributed by atoms with van der Waals surface area (Å²) in [5.41, 5.74) is 2.45. The van der Waals surface area contributed by atoms with Gasteiger partial charge in [-0.15, -0.1) is 0 Å². The molecule has 3 rings (SSSR count). The van der Waals surface area contributed by atoms with Crippen LogP contribution in [0.25, 0.3) is 0 Å². The molecule has 138 valence electrons. The number of sulfone groups is 1. The van der Waals surface area contributed by atoms with Gasteiger partial charge in [0.25, 0.3) is 0 Å². The van der Waals surface area contributed by atoms with Crippen LogP contribution in [0.4, 0.5) is 0 Å². The zero-order valence-electron chi connectivity index (χ0n) is 14.9. The fraction of sp³-hybridized carbons (Fsp3) is 0.350. The highest BCUT2D eigenvalue weighted by Crippen LogP contribution is 2.23. The number of rotatable bonds is 5. The molecule has 1 atom stereocenters. The largest absolute Gasteiger partial charge is 0.355 e. The molecule has 2 aromatic rings. The summed E-state index contributed by atoms with van der Waals surface area (Å²) in [7, 11) is -1.20. The molecule has 6 heteroatoms. The van der Waals surface area contributed by atoms with Crippen LogP contribution in [0.5, 0.6) is 0 Å². The van der Waals surface area contributed by atoms with Crippen LogP contribution in [0.2, 0.25) is 0 Å². The van der Waals surface area contributed by atoms with Gasteiger partial charge < -0.3 is 10.6 Å². The molecule has 1 unspecified atom stereocenters. The van der Waals surface area contributed by atoms with Gasteiger partial charge in [-0.3, -0.25) is 4.99 Å². The molecule has 26 heavy (non-hydrogen) atoms. The Morgan fingerprint density at radius 2 is 1.65 bits per heavy atom. The standard InChI is InChI=1S/C20H25N3O2S/c1-21-20(23-18-12-13-26(24,25)15-18)22-14-19(16-8-4-2-5-9-16)17-10-6-3-7-11-17/h2-11,18-19H,12-15H2,1H3,(H2,21,22,23). The van der Waals surface area contributed by atoms with E-state index in [-0.39, 0.29) is 23.5 Å². The molecule has 2 aromatic carbocycles. The van der Waals surface area contributed by atoms with Crippen LogP contribution < -0.4 is 10.6 Å². The Bertz CT molecular complexity index is 796. The molecular formula is C20H25N3O2S. The highest BCUT2D eigenvalue weighted by molar-refractivity contribution is 7.91. The van der Waals surface area contributed by atoms with Crippen molar-refractivity contribution in [2.45, 2.75) is 18.4 Å². The summed E-state index contributed by atoms with van der Waals surface area (Å²) in [6, 6.07) is 20.6. The molecule has 0 radical (unpaired) electrons. The van der Waals surface area contributed by atoms with Gasteiger partial charge in [0.1, 0.15) is 0 Å². The van der Waals surface area contributed by atoms with Gasteiger partial charge in [0.15, 0.2) is 15.8 Å². The minimum atomic E-state index is -2.91. The zero-order valence-corrected chi connectivity index (χ0v) is 15.7. The zero-order chi connectivity index (χ0) is 18.4. The first kappa shape index (κ1) is 18.5. The van der Waals surface area contributed by atoms with Crippen molar-refractivity contribution in [1.29, 1.82) is 0 Å². The molecule has 0 spiro atoms. The van der Waals surface area contributed by atoms with Crippen LogP contribution >= 0.6 is 0 Å². The second kappa shape index (κ2) is 8.36. The number of hydrogen-bond donors (Lipinski definition) is 2. The number of nitrogens with zero attached hydrogens (tertiary/aromatic N) is 1. The fourth-order valence-corrected chi connectivity index (χ4v) is 4.97. The third-order valence-corrected chi connectivity index (χ3v) is 6.44. The number of aliphatic imine (C=N–C) groups is 1. The van der Waals surface area contributed by atoms with Gasteiger partial charge in [-0.2, -0.15) is 0 Å². The molecule has 1 fully saturated rings. The number of guanidine groups is 1. The second-order valence-electron chi connectivity index (χ2n) is 6.57. The van der Waals surface area contributed by atoms with Crippen molar-refractivity contribution in [3.05, 3.63) is 71.8 Å². The van der Waals surface area contributed by atoms with E-state index in [2.05, 4.69) is 39.9 Å². The Balaban J connectivity index is 1.69. The summed E-state index contributed by atoms with van der Waals surface area (Å²) in [5.74, 6) is 1.25. The summed E-state index contributed by atoms with van der Waals surface area (Å²) in [5, 5.41) is 6.60. The van der Waals surface area contributed by atoms with E-state index in [4.69, 9.17) is 0 Å². The van der Waals surface area contributed by atoms with Crippen molar-refractivity contribution in [2.75, 3.05) is 25.1 Å². The lowest BCUT2D eigenvalue weighted by Gasteiger charge is -2.22. The number of nitrogens with one attached hydrogen (secondary N) is 2. The molecule has 5 nitrogen and oxygen atoms in total. The molecule has 0 aliphatic carbocycles. The van der Waals surface area contributed by atoms with Crippen molar-refractivity contribution < 1.29 is 8.42 Å². The van der Waals surface area contributed by atoms with E-state index in [1.165, 1.54) is 11.1 Å². The molecule has 0 saturated carbocycles. The van der Waals surface area contributed by atoms with E-state index < -0.39 is 9.84 Å². The van der Waals surface area contributed by atoms with Gasteiger partial charge in [0.05, 0.1) is 11.5 Å². The lowest BCUT2D eigenvalue weighted by atomic mass is 9.91. The van der Waals surface area contributed by atoms with Crippen molar-refractivity contribution in [1.82, 2.24) is 10.6 Å². The Labute approximate surface area is 155 Å². The van der Waals surface area contributed by atoms with Crippen LogP contribution in [0.3, 0.4) is 0 Å². The molecule has 1 heterocycles. The third kappa shape index (κ3) is 4.85. The molecule has 0 bridgehead atoms. The summed E-state index contributed by atoms with van der Waals surface area (Å²) in [4.78, 5) is 4.26. The molecule has 0 amide bonds. The van der Waals surface area contributed by atoms with Crippen LogP contribution in [0.15, 0.2) is 65.7 Å². The predicted octanol–water partition coefficient (Wildman–Crippen LogP) is 2.17. The Kier molecular flexibility index (Phi) is 5.93. The molecule has 2 N–H and O–H groups in total. The van der Waals surface area contributed by atoms with Crippen LogP contribution in [-0.2, 0) is 9.84 Å². The van der Waals surface area contributed by atoms with E-state index in [1.807, 2.05) is 36.4 Å². The van der Waals surface area contributed by atoms with E-state index in [0.29, 0.717) is 18.9 Å². The third-order valence-electron chi connectivity index (χ3n) is 4.67. The first-order valence-corrected chi connectivity index (χ1v) is 10.7. The van der Waals surface area contributed by atoms with E-state index >= 15 is 0 Å². The first-order valence-electron chi connectivity index (χ1n) is 8.85. The molecule has 1 aliphatic heterocycles. The normalized spacial score (nSPS) is 19.5. The first-order chi connectivity index (χ1) is 12.6. The van der Waals surface area contributed by atoms with Crippen molar-refractivity contribution >= 4 is 15.8 Å². The van der Waals surface area contributed by atoms with Gasteiger partial charge >= 0.3 is 0 Å². The van der Waals surface area contributed by atoms with Gasteiger partial charge in [-0.1, -0.05) is 60.7 Å². The maximum Gasteiger partial charge on any atom is 0.191 e. The molecular weight excluding hydrogens is 346 g/mol. The second-order valence-corrected chi connectivity index (χ2v) is 8.80. The van der Waals surface area contributed by atoms with E-state index in [1.54, 1.807) is 7.05 Å². The van der Waals surface area contributed by atoms with Gasteiger partial charge in [-0.05, 0) is 17.5 Å². The number of benzene rings is 2. The lowest BCUT2D eigenvalue weighted by molar-refractivity contribution is 0.599. The van der Waals surface area contributed by atoms with Crippen LogP contribution in [0.1, 0.15) is 23.5 Å². The average Bonchev–Trinajstić information content (AvgIpc) is 3.01. The van der Waals surface area contributed by atoms with Gasteiger partial charge in [0, 0.05) is 25.6 Å². The maximum absolute atomic E-state index is 11.6. The van der Waals surface area contributed by atoms with Gasteiger partial charge in [0.2, 0.25) is 0 Å². The Hall–Kier alpha value is -2.34. The summed E-state index contributed by atoms with van der Waals surface area (Å²) < 4.78 is 23.3. The monoisotopic (exact) mass is 371 g/mol. The van der Waals surface area contributed by atoms with Crippen molar-refractivity contribution in [3.63, 3.8) is 0 Å². The predicted molar refractivity (Wildman–Crippen MR) is 106 cm³/mol. The Morgan fingerprint density at radius 3 is 2.12 bits per heavy atom. The van der Waals surface area contributed by atoms with E-state index in [0.717, 1.165) is 0 Å². The smallest absolute Gasteiger partial charge is 0.191 e. The summed E-state index contributed by atoms with van der Waals surface area (Å²) in [6.45, 7) is 0.674. The van der Waals surface area contributed by atoms with Gasteiger partial charge in [-0.25, -0.2) is 8.42 Å².